The molecule has 8 nitrogen and oxygen atoms in total. The molecule has 0 saturated carbocycles. The van der Waals surface area contributed by atoms with Crippen molar-refractivity contribution in [1.29, 1.82) is 0 Å². The first-order valence-corrected chi connectivity index (χ1v) is 20.4. The van der Waals surface area contributed by atoms with Crippen LogP contribution in [0.5, 0.6) is 6.01 Å². The van der Waals surface area contributed by atoms with Crippen molar-refractivity contribution < 1.29 is 18.3 Å². The van der Waals surface area contributed by atoms with Crippen LogP contribution in [0, 0.1) is 11.2 Å². The van der Waals surface area contributed by atoms with Gasteiger partial charge < -0.3 is 18.8 Å². The van der Waals surface area contributed by atoms with E-state index in [9.17, 15) is 0 Å². The molecular formula is C39H47ClFN5O3Si. The quantitative estimate of drug-likeness (QED) is 0.146. The topological polar surface area (TPSA) is 72.8 Å². The first-order chi connectivity index (χ1) is 24.1. The number of hydrogen-bond donors (Lipinski definition) is 0. The second kappa shape index (κ2) is 13.1. The number of ether oxygens (including phenoxy) is 2. The lowest BCUT2D eigenvalue weighted by Gasteiger charge is -2.48. The molecule has 0 aliphatic carbocycles. The Kier molecular flexibility index (Phi) is 8.91. The number of pyridine rings is 1. The van der Waals surface area contributed by atoms with Crippen molar-refractivity contribution in [3.8, 4) is 6.01 Å². The Morgan fingerprint density at radius 3 is 2.32 bits per heavy atom. The van der Waals surface area contributed by atoms with Crippen molar-refractivity contribution in [2.24, 2.45) is 5.41 Å². The number of nitrogens with zero attached hydrogens (tertiary/aromatic N) is 5. The Morgan fingerprint density at radius 1 is 0.960 bits per heavy atom. The second-order valence-corrected chi connectivity index (χ2v) is 20.6. The van der Waals surface area contributed by atoms with Crippen molar-refractivity contribution in [3.63, 3.8) is 0 Å². The van der Waals surface area contributed by atoms with Crippen LogP contribution < -0.4 is 20.0 Å². The van der Waals surface area contributed by atoms with Gasteiger partial charge in [0, 0.05) is 30.7 Å². The lowest BCUT2D eigenvalue weighted by atomic mass is 9.78. The summed E-state index contributed by atoms with van der Waals surface area (Å²) in [7, 11) is -2.67. The Morgan fingerprint density at radius 2 is 1.66 bits per heavy atom. The molecule has 0 bridgehead atoms. The van der Waals surface area contributed by atoms with E-state index in [-0.39, 0.29) is 38.7 Å². The number of benzene rings is 2. The third kappa shape index (κ3) is 5.81. The molecule has 4 fully saturated rings. The first-order valence-electron chi connectivity index (χ1n) is 18.1. The summed E-state index contributed by atoms with van der Waals surface area (Å²) in [6.07, 6.45) is 7.87. The second-order valence-electron chi connectivity index (χ2n) is 15.9. The molecule has 0 N–H and O–H groups in total. The fourth-order valence-electron chi connectivity index (χ4n) is 9.29. The molecule has 0 radical (unpaired) electrons. The Bertz CT molecular complexity index is 1800. The van der Waals surface area contributed by atoms with E-state index >= 15 is 4.39 Å². The molecule has 2 aromatic carbocycles. The van der Waals surface area contributed by atoms with Crippen LogP contribution in [0.25, 0.3) is 10.9 Å². The van der Waals surface area contributed by atoms with E-state index in [0.29, 0.717) is 24.4 Å². The SMILES string of the molecule is CC(C)(C)[Si](OC[C@@H]1CC[C@]2(COc3nc(N4CCCC5(COC5)C4)c4cnc(Cl)c(F)c4n3)CCCN12)(c1ccccc1)c1ccccc1. The number of piperidine rings is 1. The maximum atomic E-state index is 15.5. The van der Waals surface area contributed by atoms with Crippen molar-refractivity contribution in [1.82, 2.24) is 19.9 Å². The zero-order chi connectivity index (χ0) is 34.6. The van der Waals surface area contributed by atoms with E-state index in [4.69, 9.17) is 30.5 Å². The van der Waals surface area contributed by atoms with Crippen LogP contribution in [0.1, 0.15) is 59.3 Å². The number of halogens is 2. The molecule has 4 aliphatic heterocycles. The summed E-state index contributed by atoms with van der Waals surface area (Å²) < 4.78 is 35.0. The van der Waals surface area contributed by atoms with Crippen molar-refractivity contribution in [3.05, 3.63) is 77.8 Å². The Labute approximate surface area is 300 Å². The van der Waals surface area contributed by atoms with Gasteiger partial charge in [-0.3, -0.25) is 4.90 Å². The monoisotopic (exact) mass is 715 g/mol. The van der Waals surface area contributed by atoms with E-state index in [0.717, 1.165) is 71.4 Å². The third-order valence-electron chi connectivity index (χ3n) is 11.8. The van der Waals surface area contributed by atoms with E-state index in [1.165, 1.54) is 10.4 Å². The van der Waals surface area contributed by atoms with E-state index in [2.05, 4.69) is 101 Å². The summed E-state index contributed by atoms with van der Waals surface area (Å²) in [5.41, 5.74) is 0.122. The number of rotatable bonds is 9. The lowest BCUT2D eigenvalue weighted by Crippen LogP contribution is -2.67. The summed E-state index contributed by atoms with van der Waals surface area (Å²) in [5.74, 6) is 0.0150. The minimum absolute atomic E-state index is 0.0853. The maximum absolute atomic E-state index is 15.5. The zero-order valence-corrected chi connectivity index (χ0v) is 31.1. The molecule has 6 heterocycles. The van der Waals surface area contributed by atoms with Gasteiger partial charge >= 0.3 is 6.01 Å². The van der Waals surface area contributed by atoms with Gasteiger partial charge in [-0.15, -0.1) is 0 Å². The smallest absolute Gasteiger partial charge is 0.319 e. The van der Waals surface area contributed by atoms with Gasteiger partial charge in [-0.25, -0.2) is 9.37 Å². The lowest BCUT2D eigenvalue weighted by molar-refractivity contribution is -0.117. The fraction of sp³-hybridized carbons (Fsp3) is 0.513. The number of fused-ring (bicyclic) bond motifs is 2. The number of aromatic nitrogens is 3. The molecule has 50 heavy (non-hydrogen) atoms. The summed E-state index contributed by atoms with van der Waals surface area (Å²) in [5, 5.41) is 2.86. The van der Waals surface area contributed by atoms with Crippen LogP contribution in [-0.4, -0.2) is 85.8 Å². The molecule has 264 valence electrons. The van der Waals surface area contributed by atoms with Crippen LogP contribution in [0.15, 0.2) is 66.9 Å². The highest BCUT2D eigenvalue weighted by Gasteiger charge is 2.54. The minimum Gasteiger partial charge on any atom is -0.461 e. The molecule has 2 atom stereocenters. The van der Waals surface area contributed by atoms with Crippen LogP contribution >= 0.6 is 11.6 Å². The maximum Gasteiger partial charge on any atom is 0.319 e. The average Bonchev–Trinajstić information content (AvgIpc) is 3.68. The number of hydrogen-bond acceptors (Lipinski definition) is 8. The predicted octanol–water partition coefficient (Wildman–Crippen LogP) is 6.39. The largest absolute Gasteiger partial charge is 0.461 e. The van der Waals surface area contributed by atoms with Gasteiger partial charge in [0.25, 0.3) is 8.32 Å². The summed E-state index contributed by atoms with van der Waals surface area (Å²) in [4.78, 5) is 18.5. The minimum atomic E-state index is -2.67. The molecule has 1 spiro atoms. The fourth-order valence-corrected chi connectivity index (χ4v) is 14.0. The average molecular weight is 716 g/mol. The molecule has 4 aliphatic rings. The van der Waals surface area contributed by atoms with Gasteiger partial charge in [-0.2, -0.15) is 9.97 Å². The summed E-state index contributed by atoms with van der Waals surface area (Å²) in [6, 6.07) is 22.2. The normalized spacial score (nSPS) is 23.7. The van der Waals surface area contributed by atoms with Gasteiger partial charge in [-0.1, -0.05) is 93.0 Å². The van der Waals surface area contributed by atoms with Crippen molar-refractivity contribution in [2.75, 3.05) is 51.0 Å². The van der Waals surface area contributed by atoms with Gasteiger partial charge in [-0.05, 0) is 60.5 Å². The van der Waals surface area contributed by atoms with Crippen LogP contribution in [0.2, 0.25) is 10.2 Å². The first kappa shape index (κ1) is 34.0. The standard InChI is InChI=1S/C39H47ClFN5O3Si/c1-37(2,3)50(29-12-6-4-7-13-29,30-14-8-5-9-15-30)49-23-28-16-19-39(18-11-21-46(28)39)27-48-36-43-33-31(22-42-34(40)32(33)41)35(44-36)45-20-10-17-38(24-45)25-47-26-38/h4-9,12-15,22,28H,10-11,16-21,23-27H2,1-3H3/t28-,39-/m0/s1. The molecule has 2 aromatic heterocycles. The zero-order valence-electron chi connectivity index (χ0n) is 29.3. The van der Waals surface area contributed by atoms with E-state index in [1.54, 1.807) is 6.20 Å². The van der Waals surface area contributed by atoms with Gasteiger partial charge in [0.2, 0.25) is 0 Å². The number of anilines is 1. The highest BCUT2D eigenvalue weighted by atomic mass is 35.5. The van der Waals surface area contributed by atoms with Crippen LogP contribution in [0.3, 0.4) is 0 Å². The molecule has 8 rings (SSSR count). The summed E-state index contributed by atoms with van der Waals surface area (Å²) in [6.45, 7) is 12.2. The predicted molar refractivity (Wildman–Crippen MR) is 198 cm³/mol. The van der Waals surface area contributed by atoms with Crippen molar-refractivity contribution in [2.45, 2.75) is 75.9 Å². The summed E-state index contributed by atoms with van der Waals surface area (Å²) >= 11 is 6.16. The Balaban J connectivity index is 1.05. The van der Waals surface area contributed by atoms with E-state index < -0.39 is 14.1 Å². The molecule has 0 unspecified atom stereocenters. The third-order valence-corrected chi connectivity index (χ3v) is 17.1. The van der Waals surface area contributed by atoms with Crippen LogP contribution in [-0.2, 0) is 9.16 Å². The van der Waals surface area contributed by atoms with Gasteiger partial charge in [0.15, 0.2) is 11.0 Å². The molecule has 4 saturated heterocycles. The van der Waals surface area contributed by atoms with Crippen molar-refractivity contribution >= 4 is 47.0 Å². The van der Waals surface area contributed by atoms with Gasteiger partial charge in [0.1, 0.15) is 17.9 Å². The van der Waals surface area contributed by atoms with Gasteiger partial charge in [0.05, 0.1) is 30.7 Å². The highest BCUT2D eigenvalue weighted by Crippen LogP contribution is 2.45. The molecule has 0 amide bonds. The molecule has 11 heteroatoms. The molecule has 4 aromatic rings. The van der Waals surface area contributed by atoms with Crippen LogP contribution in [0.4, 0.5) is 10.2 Å². The highest BCUT2D eigenvalue weighted by molar-refractivity contribution is 6.99. The molecular weight excluding hydrogens is 669 g/mol. The Hall–Kier alpha value is -3.15. The van der Waals surface area contributed by atoms with E-state index in [1.807, 2.05) is 0 Å².